The van der Waals surface area contributed by atoms with Gasteiger partial charge in [-0.3, -0.25) is 0 Å². The Bertz CT molecular complexity index is 582. The highest BCUT2D eigenvalue weighted by Crippen LogP contribution is 2.09. The first kappa shape index (κ1) is 14.8. The number of aromatic hydroxyl groups is 1. The number of rotatable bonds is 5. The van der Waals surface area contributed by atoms with Gasteiger partial charge in [0, 0.05) is 13.0 Å². The molecule has 1 aromatic carbocycles. The molecule has 2 amide bonds. The Morgan fingerprint density at radius 3 is 2.48 bits per heavy atom. The number of benzene rings is 1. The molecule has 1 heterocycles. The predicted octanol–water partition coefficient (Wildman–Crippen LogP) is 2.11. The zero-order chi connectivity index (χ0) is 15.1. The van der Waals surface area contributed by atoms with Crippen molar-refractivity contribution in [3.8, 4) is 5.75 Å². The standard InChI is InChI=1S/C15H18N4O2/c1-2-14-17-9-12(10-18-14)19-15(21)16-8-7-11-3-5-13(20)6-4-11/h3-6,9-10,20H,2,7-8H2,1H3,(H2,16,19,21). The number of amides is 2. The van der Waals surface area contributed by atoms with Gasteiger partial charge in [-0.2, -0.15) is 0 Å². The van der Waals surface area contributed by atoms with E-state index in [9.17, 15) is 9.90 Å². The van der Waals surface area contributed by atoms with Crippen molar-refractivity contribution in [1.82, 2.24) is 15.3 Å². The van der Waals surface area contributed by atoms with Gasteiger partial charge in [0.2, 0.25) is 0 Å². The van der Waals surface area contributed by atoms with Crippen LogP contribution in [-0.2, 0) is 12.8 Å². The molecule has 110 valence electrons. The van der Waals surface area contributed by atoms with Crippen LogP contribution >= 0.6 is 0 Å². The molecule has 0 spiro atoms. The van der Waals surface area contributed by atoms with Crippen LogP contribution < -0.4 is 10.6 Å². The van der Waals surface area contributed by atoms with Gasteiger partial charge in [-0.1, -0.05) is 19.1 Å². The number of urea groups is 1. The van der Waals surface area contributed by atoms with Crippen molar-refractivity contribution in [3.05, 3.63) is 48.0 Å². The average Bonchev–Trinajstić information content (AvgIpc) is 2.50. The number of nitrogens with one attached hydrogen (secondary N) is 2. The molecular weight excluding hydrogens is 268 g/mol. The molecule has 0 aliphatic carbocycles. The maximum atomic E-state index is 11.7. The van der Waals surface area contributed by atoms with Crippen molar-refractivity contribution in [1.29, 1.82) is 0 Å². The highest BCUT2D eigenvalue weighted by molar-refractivity contribution is 5.88. The molecule has 0 fully saturated rings. The van der Waals surface area contributed by atoms with Crippen molar-refractivity contribution in [2.45, 2.75) is 19.8 Å². The lowest BCUT2D eigenvalue weighted by atomic mass is 10.1. The van der Waals surface area contributed by atoms with Crippen LogP contribution in [0.5, 0.6) is 5.75 Å². The molecule has 0 saturated heterocycles. The van der Waals surface area contributed by atoms with Gasteiger partial charge in [0.05, 0.1) is 18.1 Å². The van der Waals surface area contributed by atoms with Gasteiger partial charge in [0.15, 0.2) is 0 Å². The van der Waals surface area contributed by atoms with Crippen molar-refractivity contribution in [2.75, 3.05) is 11.9 Å². The molecule has 0 bridgehead atoms. The van der Waals surface area contributed by atoms with Crippen LogP contribution in [0.4, 0.5) is 10.5 Å². The third-order valence-corrected chi connectivity index (χ3v) is 2.91. The number of aromatic nitrogens is 2. The van der Waals surface area contributed by atoms with E-state index in [0.717, 1.165) is 17.8 Å². The number of anilines is 1. The number of aryl methyl sites for hydroxylation is 1. The van der Waals surface area contributed by atoms with E-state index < -0.39 is 0 Å². The van der Waals surface area contributed by atoms with E-state index >= 15 is 0 Å². The molecule has 0 radical (unpaired) electrons. The van der Waals surface area contributed by atoms with E-state index in [0.29, 0.717) is 18.7 Å². The van der Waals surface area contributed by atoms with Crippen molar-refractivity contribution in [3.63, 3.8) is 0 Å². The molecule has 3 N–H and O–H groups in total. The number of nitrogens with zero attached hydrogens (tertiary/aromatic N) is 2. The summed E-state index contributed by atoms with van der Waals surface area (Å²) in [6, 6.07) is 6.62. The van der Waals surface area contributed by atoms with Crippen molar-refractivity contribution >= 4 is 11.7 Å². The van der Waals surface area contributed by atoms with Gasteiger partial charge < -0.3 is 15.7 Å². The minimum Gasteiger partial charge on any atom is -0.508 e. The molecule has 2 rings (SSSR count). The van der Waals surface area contributed by atoms with E-state index in [2.05, 4.69) is 20.6 Å². The summed E-state index contributed by atoms with van der Waals surface area (Å²) < 4.78 is 0. The Balaban J connectivity index is 1.75. The largest absolute Gasteiger partial charge is 0.508 e. The Labute approximate surface area is 123 Å². The first-order valence-corrected chi connectivity index (χ1v) is 6.81. The van der Waals surface area contributed by atoms with Gasteiger partial charge in [-0.05, 0) is 24.1 Å². The SMILES string of the molecule is CCc1ncc(NC(=O)NCCc2ccc(O)cc2)cn1. The maximum absolute atomic E-state index is 11.7. The molecule has 0 atom stereocenters. The molecule has 6 nitrogen and oxygen atoms in total. The monoisotopic (exact) mass is 286 g/mol. The predicted molar refractivity (Wildman–Crippen MR) is 80.2 cm³/mol. The van der Waals surface area contributed by atoms with E-state index in [-0.39, 0.29) is 11.8 Å². The first-order chi connectivity index (χ1) is 10.2. The van der Waals surface area contributed by atoms with Gasteiger partial charge in [-0.25, -0.2) is 14.8 Å². The van der Waals surface area contributed by atoms with Gasteiger partial charge in [-0.15, -0.1) is 0 Å². The summed E-state index contributed by atoms with van der Waals surface area (Å²) in [5, 5.41) is 14.6. The van der Waals surface area contributed by atoms with Crippen LogP contribution in [0.15, 0.2) is 36.7 Å². The fraction of sp³-hybridized carbons (Fsp3) is 0.267. The fourth-order valence-corrected chi connectivity index (χ4v) is 1.76. The van der Waals surface area contributed by atoms with E-state index in [4.69, 9.17) is 0 Å². The minimum absolute atomic E-state index is 0.236. The van der Waals surface area contributed by atoms with E-state index in [1.807, 2.05) is 19.1 Å². The summed E-state index contributed by atoms with van der Waals surface area (Å²) in [7, 11) is 0. The molecule has 2 aromatic rings. The lowest BCUT2D eigenvalue weighted by Crippen LogP contribution is -2.30. The third-order valence-electron chi connectivity index (χ3n) is 2.91. The van der Waals surface area contributed by atoms with Crippen molar-refractivity contribution in [2.24, 2.45) is 0 Å². The molecule has 21 heavy (non-hydrogen) atoms. The summed E-state index contributed by atoms with van der Waals surface area (Å²) >= 11 is 0. The number of hydrogen-bond acceptors (Lipinski definition) is 4. The number of carbonyl (C=O) groups is 1. The molecule has 1 aromatic heterocycles. The first-order valence-electron chi connectivity index (χ1n) is 6.81. The second-order valence-corrected chi connectivity index (χ2v) is 4.54. The fourth-order valence-electron chi connectivity index (χ4n) is 1.76. The smallest absolute Gasteiger partial charge is 0.319 e. The summed E-state index contributed by atoms with van der Waals surface area (Å²) in [4.78, 5) is 19.9. The maximum Gasteiger partial charge on any atom is 0.319 e. The summed E-state index contributed by atoms with van der Waals surface area (Å²) in [5.41, 5.74) is 1.61. The zero-order valence-electron chi connectivity index (χ0n) is 11.8. The van der Waals surface area contributed by atoms with Gasteiger partial charge in [0.1, 0.15) is 11.6 Å². The zero-order valence-corrected chi connectivity index (χ0v) is 11.8. The molecular formula is C15H18N4O2. The average molecular weight is 286 g/mol. The number of carbonyl (C=O) groups excluding carboxylic acids is 1. The van der Waals surface area contributed by atoms with Crippen LogP contribution in [0.1, 0.15) is 18.3 Å². The van der Waals surface area contributed by atoms with E-state index in [1.54, 1.807) is 24.5 Å². The number of hydrogen-bond donors (Lipinski definition) is 3. The second-order valence-electron chi connectivity index (χ2n) is 4.54. The highest BCUT2D eigenvalue weighted by atomic mass is 16.3. The Hall–Kier alpha value is -2.63. The third kappa shape index (κ3) is 4.76. The minimum atomic E-state index is -0.290. The number of phenolic OH excluding ortho intramolecular Hbond substituents is 1. The topological polar surface area (TPSA) is 87.1 Å². The lowest BCUT2D eigenvalue weighted by Gasteiger charge is -2.07. The van der Waals surface area contributed by atoms with Crippen LogP contribution in [0.3, 0.4) is 0 Å². The molecule has 0 unspecified atom stereocenters. The van der Waals surface area contributed by atoms with Crippen LogP contribution in [0, 0.1) is 0 Å². The van der Waals surface area contributed by atoms with Crippen LogP contribution in [-0.4, -0.2) is 27.7 Å². The summed E-state index contributed by atoms with van der Waals surface area (Å²) in [6.45, 7) is 2.48. The molecule has 6 heteroatoms. The quantitative estimate of drug-likeness (QED) is 0.785. The Morgan fingerprint density at radius 2 is 1.86 bits per heavy atom. The van der Waals surface area contributed by atoms with Gasteiger partial charge >= 0.3 is 6.03 Å². The highest BCUT2D eigenvalue weighted by Gasteiger charge is 2.02. The Kier molecular flexibility index (Phi) is 5.09. The summed E-state index contributed by atoms with van der Waals surface area (Å²) in [6.07, 6.45) is 4.63. The Morgan fingerprint density at radius 1 is 1.19 bits per heavy atom. The molecule has 0 aliphatic rings. The second kappa shape index (κ2) is 7.23. The lowest BCUT2D eigenvalue weighted by molar-refractivity contribution is 0.252. The number of phenols is 1. The van der Waals surface area contributed by atoms with Crippen molar-refractivity contribution < 1.29 is 9.90 Å². The van der Waals surface area contributed by atoms with Crippen LogP contribution in [0.25, 0.3) is 0 Å². The van der Waals surface area contributed by atoms with Gasteiger partial charge in [0.25, 0.3) is 0 Å². The summed E-state index contributed by atoms with van der Waals surface area (Å²) in [5.74, 6) is 0.980. The molecule has 0 aliphatic heterocycles. The van der Waals surface area contributed by atoms with E-state index in [1.165, 1.54) is 0 Å². The van der Waals surface area contributed by atoms with Crippen LogP contribution in [0.2, 0.25) is 0 Å². The normalized spacial score (nSPS) is 10.1. The molecule has 0 saturated carbocycles.